The molecule has 0 unspecified atom stereocenters. The zero-order valence-electron chi connectivity index (χ0n) is 9.67. The lowest BCUT2D eigenvalue weighted by atomic mass is 10.1. The molecule has 80 valence electrons. The van der Waals surface area contributed by atoms with Gasteiger partial charge in [0.1, 0.15) is 0 Å². The van der Waals surface area contributed by atoms with Crippen LogP contribution < -0.4 is 0 Å². The second kappa shape index (κ2) is 5.58. The van der Waals surface area contributed by atoms with Gasteiger partial charge in [-0.05, 0) is 54.5 Å². The first-order valence-electron chi connectivity index (χ1n) is 4.87. The summed E-state index contributed by atoms with van der Waals surface area (Å²) in [5.74, 6) is 0. The molecule has 0 radical (unpaired) electrons. The van der Waals surface area contributed by atoms with E-state index in [9.17, 15) is 5.11 Å². The van der Waals surface area contributed by atoms with E-state index in [-0.39, 0.29) is 0 Å². The SMILES string of the molecule is CN(C)CCCN(C)CC(C)(C)O. The third-order valence-electron chi connectivity index (χ3n) is 1.80. The lowest BCUT2D eigenvalue weighted by molar-refractivity contribution is 0.0439. The van der Waals surface area contributed by atoms with Gasteiger partial charge in [0.15, 0.2) is 0 Å². The van der Waals surface area contributed by atoms with Crippen LogP contribution in [-0.4, -0.2) is 61.3 Å². The van der Waals surface area contributed by atoms with Gasteiger partial charge in [-0.3, -0.25) is 0 Å². The Hall–Kier alpha value is -0.120. The van der Waals surface area contributed by atoms with Crippen molar-refractivity contribution in [2.75, 3.05) is 40.8 Å². The van der Waals surface area contributed by atoms with Crippen molar-refractivity contribution in [2.45, 2.75) is 25.9 Å². The van der Waals surface area contributed by atoms with Gasteiger partial charge in [0.05, 0.1) is 5.60 Å². The van der Waals surface area contributed by atoms with E-state index in [2.05, 4.69) is 23.9 Å². The highest BCUT2D eigenvalue weighted by molar-refractivity contribution is 4.69. The van der Waals surface area contributed by atoms with Gasteiger partial charge >= 0.3 is 0 Å². The summed E-state index contributed by atoms with van der Waals surface area (Å²) in [7, 11) is 6.21. The number of aliphatic hydroxyl groups is 1. The predicted octanol–water partition coefficient (Wildman–Crippen LogP) is 0.641. The zero-order chi connectivity index (χ0) is 10.5. The molecule has 0 spiro atoms. The van der Waals surface area contributed by atoms with Crippen molar-refractivity contribution >= 4 is 0 Å². The van der Waals surface area contributed by atoms with E-state index >= 15 is 0 Å². The van der Waals surface area contributed by atoms with Crippen LogP contribution in [0, 0.1) is 0 Å². The van der Waals surface area contributed by atoms with Crippen LogP contribution in [0.25, 0.3) is 0 Å². The first-order chi connectivity index (χ1) is 5.81. The summed E-state index contributed by atoms with van der Waals surface area (Å²) in [5, 5.41) is 9.54. The normalized spacial score (nSPS) is 12.9. The van der Waals surface area contributed by atoms with E-state index in [0.29, 0.717) is 0 Å². The Balaban J connectivity index is 3.46. The van der Waals surface area contributed by atoms with Crippen LogP contribution in [0.1, 0.15) is 20.3 Å². The number of hydrogen-bond donors (Lipinski definition) is 1. The fourth-order valence-corrected chi connectivity index (χ4v) is 1.40. The molecule has 3 heteroatoms. The van der Waals surface area contributed by atoms with Crippen molar-refractivity contribution in [3.63, 3.8) is 0 Å². The Morgan fingerprint density at radius 2 is 1.62 bits per heavy atom. The largest absolute Gasteiger partial charge is 0.389 e. The van der Waals surface area contributed by atoms with Gasteiger partial charge in [0.2, 0.25) is 0 Å². The molecular weight excluding hydrogens is 164 g/mol. The summed E-state index contributed by atoms with van der Waals surface area (Å²) in [5.41, 5.74) is -0.577. The second-order valence-electron chi connectivity index (χ2n) is 4.71. The molecule has 13 heavy (non-hydrogen) atoms. The van der Waals surface area contributed by atoms with E-state index in [1.54, 1.807) is 0 Å². The first kappa shape index (κ1) is 12.9. The van der Waals surface area contributed by atoms with Gasteiger partial charge in [0.25, 0.3) is 0 Å². The minimum atomic E-state index is -0.577. The number of likely N-dealkylation sites (N-methyl/N-ethyl adjacent to an activating group) is 1. The highest BCUT2D eigenvalue weighted by Crippen LogP contribution is 2.03. The Morgan fingerprint density at radius 3 is 2.00 bits per heavy atom. The third-order valence-corrected chi connectivity index (χ3v) is 1.80. The van der Waals surface area contributed by atoms with Gasteiger partial charge in [-0.1, -0.05) is 0 Å². The fourth-order valence-electron chi connectivity index (χ4n) is 1.40. The summed E-state index contributed by atoms with van der Waals surface area (Å²) >= 11 is 0. The molecule has 0 aliphatic rings. The van der Waals surface area contributed by atoms with Crippen LogP contribution in [0.4, 0.5) is 0 Å². The fraction of sp³-hybridized carbons (Fsp3) is 1.00. The molecular formula is C10H24N2O. The van der Waals surface area contributed by atoms with Crippen LogP contribution in [0.2, 0.25) is 0 Å². The molecule has 0 amide bonds. The highest BCUT2D eigenvalue weighted by atomic mass is 16.3. The molecule has 0 aromatic carbocycles. The summed E-state index contributed by atoms with van der Waals surface area (Å²) in [6.45, 7) is 6.57. The molecule has 0 saturated heterocycles. The average molecular weight is 188 g/mol. The maximum Gasteiger partial charge on any atom is 0.0718 e. The maximum absolute atomic E-state index is 9.54. The van der Waals surface area contributed by atoms with Crippen LogP contribution in [-0.2, 0) is 0 Å². The highest BCUT2D eigenvalue weighted by Gasteiger charge is 2.14. The van der Waals surface area contributed by atoms with E-state index in [4.69, 9.17) is 0 Å². The molecule has 0 atom stereocenters. The van der Waals surface area contributed by atoms with E-state index in [0.717, 1.165) is 26.1 Å². The van der Waals surface area contributed by atoms with E-state index in [1.807, 2.05) is 20.9 Å². The van der Waals surface area contributed by atoms with Gasteiger partial charge < -0.3 is 14.9 Å². The van der Waals surface area contributed by atoms with Crippen LogP contribution >= 0.6 is 0 Å². The third kappa shape index (κ3) is 9.80. The molecule has 3 nitrogen and oxygen atoms in total. The molecule has 0 aliphatic carbocycles. The monoisotopic (exact) mass is 188 g/mol. The molecule has 0 aromatic rings. The summed E-state index contributed by atoms with van der Waals surface area (Å²) in [6, 6.07) is 0. The topological polar surface area (TPSA) is 26.7 Å². The molecule has 0 saturated carbocycles. The van der Waals surface area contributed by atoms with Gasteiger partial charge in [-0.15, -0.1) is 0 Å². The Labute approximate surface area is 82.3 Å². The molecule has 0 aromatic heterocycles. The predicted molar refractivity (Wildman–Crippen MR) is 57.0 cm³/mol. The Bertz CT molecular complexity index is 129. The number of nitrogens with zero attached hydrogens (tertiary/aromatic N) is 2. The van der Waals surface area contributed by atoms with Crippen LogP contribution in [0.5, 0.6) is 0 Å². The van der Waals surface area contributed by atoms with Crippen molar-refractivity contribution in [1.29, 1.82) is 0 Å². The van der Waals surface area contributed by atoms with Gasteiger partial charge in [-0.2, -0.15) is 0 Å². The average Bonchev–Trinajstić information content (AvgIpc) is 1.81. The van der Waals surface area contributed by atoms with Crippen molar-refractivity contribution in [2.24, 2.45) is 0 Å². The van der Waals surface area contributed by atoms with Crippen molar-refractivity contribution in [3.05, 3.63) is 0 Å². The lowest BCUT2D eigenvalue weighted by Gasteiger charge is -2.25. The van der Waals surface area contributed by atoms with Crippen molar-refractivity contribution < 1.29 is 5.11 Å². The van der Waals surface area contributed by atoms with Crippen molar-refractivity contribution in [3.8, 4) is 0 Å². The van der Waals surface area contributed by atoms with Gasteiger partial charge in [-0.25, -0.2) is 0 Å². The maximum atomic E-state index is 9.54. The first-order valence-corrected chi connectivity index (χ1v) is 4.87. The van der Waals surface area contributed by atoms with Crippen molar-refractivity contribution in [1.82, 2.24) is 9.80 Å². The summed E-state index contributed by atoms with van der Waals surface area (Å²) in [6.07, 6.45) is 1.15. The lowest BCUT2D eigenvalue weighted by Crippen LogP contribution is -2.37. The zero-order valence-corrected chi connectivity index (χ0v) is 9.67. The van der Waals surface area contributed by atoms with E-state index in [1.165, 1.54) is 0 Å². The number of rotatable bonds is 6. The van der Waals surface area contributed by atoms with E-state index < -0.39 is 5.60 Å². The molecule has 0 rings (SSSR count). The Kier molecular flexibility index (Phi) is 5.53. The second-order valence-corrected chi connectivity index (χ2v) is 4.71. The Morgan fingerprint density at radius 1 is 1.08 bits per heavy atom. The van der Waals surface area contributed by atoms with Crippen LogP contribution in [0.15, 0.2) is 0 Å². The number of hydrogen-bond acceptors (Lipinski definition) is 3. The smallest absolute Gasteiger partial charge is 0.0718 e. The molecule has 1 N–H and O–H groups in total. The molecule has 0 heterocycles. The summed E-state index contributed by atoms with van der Waals surface area (Å²) < 4.78 is 0. The molecule has 0 aliphatic heterocycles. The standard InChI is InChI=1S/C10H24N2O/c1-10(2,13)9-12(5)8-6-7-11(3)4/h13H,6-9H2,1-5H3. The van der Waals surface area contributed by atoms with Gasteiger partial charge in [0, 0.05) is 6.54 Å². The minimum Gasteiger partial charge on any atom is -0.389 e. The summed E-state index contributed by atoms with van der Waals surface area (Å²) in [4.78, 5) is 4.35. The van der Waals surface area contributed by atoms with Crippen LogP contribution in [0.3, 0.4) is 0 Å². The minimum absolute atomic E-state index is 0.577. The molecule has 0 bridgehead atoms. The quantitative estimate of drug-likeness (QED) is 0.663. The molecule has 0 fully saturated rings.